The lowest BCUT2D eigenvalue weighted by Gasteiger charge is -1.93. The van der Waals surface area contributed by atoms with Gasteiger partial charge in [0, 0.05) is 18.3 Å². The third-order valence-corrected chi connectivity index (χ3v) is 2.12. The van der Waals surface area contributed by atoms with Gasteiger partial charge in [0.15, 0.2) is 0 Å². The highest BCUT2D eigenvalue weighted by Crippen LogP contribution is 2.46. The molecule has 1 aromatic heterocycles. The molecule has 4 heteroatoms. The molecule has 1 heterocycles. The third kappa shape index (κ3) is 1.15. The van der Waals surface area contributed by atoms with Crippen molar-refractivity contribution in [3.63, 3.8) is 0 Å². The Morgan fingerprint density at radius 1 is 1.50 bits per heavy atom. The zero-order valence-electron chi connectivity index (χ0n) is 6.34. The van der Waals surface area contributed by atoms with Crippen LogP contribution in [0.15, 0.2) is 18.7 Å². The zero-order valence-corrected chi connectivity index (χ0v) is 6.34. The smallest absolute Gasteiger partial charge is 0.307 e. The first-order valence-electron chi connectivity index (χ1n) is 3.77. The van der Waals surface area contributed by atoms with E-state index in [0.29, 0.717) is 0 Å². The SMILES string of the molecule is O=C(O)[C@@H]1C[C@H]1c1cncnc1. The van der Waals surface area contributed by atoms with E-state index in [1.54, 1.807) is 12.4 Å². The second kappa shape index (κ2) is 2.55. The molecular weight excluding hydrogens is 156 g/mol. The molecular formula is C8H8N2O2. The molecule has 2 rings (SSSR count). The second-order valence-corrected chi connectivity index (χ2v) is 2.96. The van der Waals surface area contributed by atoms with Crippen molar-refractivity contribution >= 4 is 5.97 Å². The summed E-state index contributed by atoms with van der Waals surface area (Å²) >= 11 is 0. The first kappa shape index (κ1) is 7.21. The summed E-state index contributed by atoms with van der Waals surface area (Å²) in [6.07, 6.45) is 5.53. The minimum atomic E-state index is -0.719. The predicted molar refractivity (Wildman–Crippen MR) is 40.5 cm³/mol. The van der Waals surface area contributed by atoms with Crippen LogP contribution in [0, 0.1) is 5.92 Å². The normalized spacial score (nSPS) is 26.7. The highest BCUT2D eigenvalue weighted by molar-refractivity contribution is 5.75. The molecule has 1 aliphatic carbocycles. The topological polar surface area (TPSA) is 63.1 Å². The van der Waals surface area contributed by atoms with Crippen molar-refractivity contribution in [3.8, 4) is 0 Å². The Labute approximate surface area is 69.3 Å². The third-order valence-electron chi connectivity index (χ3n) is 2.12. The molecule has 0 aliphatic heterocycles. The largest absolute Gasteiger partial charge is 0.481 e. The Morgan fingerprint density at radius 2 is 2.17 bits per heavy atom. The molecule has 1 N–H and O–H groups in total. The molecule has 1 aliphatic rings. The van der Waals surface area contributed by atoms with Crippen LogP contribution in [0.3, 0.4) is 0 Å². The number of aromatic nitrogens is 2. The molecule has 1 aromatic rings. The van der Waals surface area contributed by atoms with Crippen LogP contribution >= 0.6 is 0 Å². The van der Waals surface area contributed by atoms with Crippen molar-refractivity contribution in [1.29, 1.82) is 0 Å². The summed E-state index contributed by atoms with van der Waals surface area (Å²) in [7, 11) is 0. The van der Waals surface area contributed by atoms with Gasteiger partial charge in [-0.2, -0.15) is 0 Å². The van der Waals surface area contributed by atoms with Crippen molar-refractivity contribution in [2.45, 2.75) is 12.3 Å². The van der Waals surface area contributed by atoms with Crippen LogP contribution in [0.4, 0.5) is 0 Å². The van der Waals surface area contributed by atoms with Gasteiger partial charge in [0.05, 0.1) is 5.92 Å². The van der Waals surface area contributed by atoms with Gasteiger partial charge in [-0.05, 0) is 12.0 Å². The fourth-order valence-corrected chi connectivity index (χ4v) is 1.34. The Bertz CT molecular complexity index is 299. The molecule has 0 saturated heterocycles. The van der Waals surface area contributed by atoms with Crippen LogP contribution in [0.25, 0.3) is 0 Å². The van der Waals surface area contributed by atoms with Crippen molar-refractivity contribution in [2.24, 2.45) is 5.92 Å². The van der Waals surface area contributed by atoms with Crippen molar-refractivity contribution in [1.82, 2.24) is 9.97 Å². The number of hydrogen-bond acceptors (Lipinski definition) is 3. The van der Waals surface area contributed by atoms with E-state index in [4.69, 9.17) is 5.11 Å². The van der Waals surface area contributed by atoms with Crippen LogP contribution in [0.1, 0.15) is 17.9 Å². The van der Waals surface area contributed by atoms with Gasteiger partial charge in [-0.15, -0.1) is 0 Å². The van der Waals surface area contributed by atoms with Crippen molar-refractivity contribution in [2.75, 3.05) is 0 Å². The summed E-state index contributed by atoms with van der Waals surface area (Å²) in [5.41, 5.74) is 0.935. The van der Waals surface area contributed by atoms with Gasteiger partial charge in [-0.25, -0.2) is 9.97 Å². The summed E-state index contributed by atoms with van der Waals surface area (Å²) in [6.45, 7) is 0. The van der Waals surface area contributed by atoms with Gasteiger partial charge in [0.25, 0.3) is 0 Å². The maximum absolute atomic E-state index is 10.5. The Kier molecular flexibility index (Phi) is 1.53. The maximum Gasteiger partial charge on any atom is 0.307 e. The summed E-state index contributed by atoms with van der Waals surface area (Å²) in [6, 6.07) is 0. The highest BCUT2D eigenvalue weighted by Gasteiger charge is 2.44. The molecule has 1 fully saturated rings. The molecule has 0 amide bonds. The Hall–Kier alpha value is -1.45. The number of aliphatic carboxylic acids is 1. The molecule has 4 nitrogen and oxygen atoms in total. The van der Waals surface area contributed by atoms with Crippen LogP contribution in [-0.4, -0.2) is 21.0 Å². The molecule has 0 unspecified atom stereocenters. The number of nitrogens with zero attached hydrogens (tertiary/aromatic N) is 2. The molecule has 0 spiro atoms. The summed E-state index contributed by atoms with van der Waals surface area (Å²) in [4.78, 5) is 18.2. The number of rotatable bonds is 2. The summed E-state index contributed by atoms with van der Waals surface area (Å²) in [5, 5.41) is 8.64. The highest BCUT2D eigenvalue weighted by atomic mass is 16.4. The van der Waals surface area contributed by atoms with Gasteiger partial charge in [-0.3, -0.25) is 4.79 Å². The lowest BCUT2D eigenvalue weighted by atomic mass is 10.2. The predicted octanol–water partition coefficient (Wildman–Crippen LogP) is 0.665. The first-order chi connectivity index (χ1) is 5.79. The van der Waals surface area contributed by atoms with Crippen LogP contribution < -0.4 is 0 Å². The number of hydrogen-bond donors (Lipinski definition) is 1. The average Bonchev–Trinajstić information content (AvgIpc) is 2.84. The van der Waals surface area contributed by atoms with E-state index < -0.39 is 5.97 Å². The lowest BCUT2D eigenvalue weighted by molar-refractivity contribution is -0.138. The minimum absolute atomic E-state index is 0.142. The van der Waals surface area contributed by atoms with E-state index >= 15 is 0 Å². The van der Waals surface area contributed by atoms with E-state index in [0.717, 1.165) is 12.0 Å². The second-order valence-electron chi connectivity index (χ2n) is 2.96. The maximum atomic E-state index is 10.5. The van der Waals surface area contributed by atoms with Crippen molar-refractivity contribution in [3.05, 3.63) is 24.3 Å². The van der Waals surface area contributed by atoms with Crippen LogP contribution in [0.5, 0.6) is 0 Å². The molecule has 1 saturated carbocycles. The van der Waals surface area contributed by atoms with Crippen LogP contribution in [-0.2, 0) is 4.79 Å². The average molecular weight is 164 g/mol. The molecule has 12 heavy (non-hydrogen) atoms. The van der Waals surface area contributed by atoms with E-state index in [2.05, 4.69) is 9.97 Å². The molecule has 0 bridgehead atoms. The molecule has 0 radical (unpaired) electrons. The van der Waals surface area contributed by atoms with Gasteiger partial charge in [0.2, 0.25) is 0 Å². The van der Waals surface area contributed by atoms with E-state index in [1.165, 1.54) is 6.33 Å². The summed E-state index contributed by atoms with van der Waals surface area (Å²) < 4.78 is 0. The van der Waals surface area contributed by atoms with Gasteiger partial charge in [-0.1, -0.05) is 0 Å². The Balaban J connectivity index is 2.11. The molecule has 0 aromatic carbocycles. The molecule has 62 valence electrons. The van der Waals surface area contributed by atoms with Crippen molar-refractivity contribution < 1.29 is 9.90 Å². The zero-order chi connectivity index (χ0) is 8.55. The number of carboxylic acids is 1. The Morgan fingerprint density at radius 3 is 2.67 bits per heavy atom. The fourth-order valence-electron chi connectivity index (χ4n) is 1.34. The monoisotopic (exact) mass is 164 g/mol. The fraction of sp³-hybridized carbons (Fsp3) is 0.375. The quantitative estimate of drug-likeness (QED) is 0.697. The van der Waals surface area contributed by atoms with Gasteiger partial charge >= 0.3 is 5.97 Å². The van der Waals surface area contributed by atoms with E-state index in [1.807, 2.05) is 0 Å². The van der Waals surface area contributed by atoms with E-state index in [9.17, 15) is 4.79 Å². The van der Waals surface area contributed by atoms with Gasteiger partial charge in [0.1, 0.15) is 6.33 Å². The minimum Gasteiger partial charge on any atom is -0.481 e. The van der Waals surface area contributed by atoms with Crippen LogP contribution in [0.2, 0.25) is 0 Å². The lowest BCUT2D eigenvalue weighted by Crippen LogP contribution is -1.99. The van der Waals surface area contributed by atoms with E-state index in [-0.39, 0.29) is 11.8 Å². The number of carboxylic acid groups (broad SMARTS) is 1. The first-order valence-corrected chi connectivity index (χ1v) is 3.77. The number of carbonyl (C=O) groups is 1. The van der Waals surface area contributed by atoms with Gasteiger partial charge < -0.3 is 5.11 Å². The summed E-state index contributed by atoms with van der Waals surface area (Å²) in [5.74, 6) is -0.788. The molecule has 2 atom stereocenters. The standard InChI is InChI=1S/C8H8N2O2/c11-8(12)7-1-6(7)5-2-9-4-10-3-5/h2-4,6-7H,1H2,(H,11,12)/t6-,7+/m0/s1.